The van der Waals surface area contributed by atoms with E-state index in [1.807, 2.05) is 0 Å². The number of halogens is 2. The third-order valence-corrected chi connectivity index (χ3v) is 2.28. The average molecular weight is 221 g/mol. The van der Waals surface area contributed by atoms with Crippen LogP contribution in [0.15, 0.2) is 12.3 Å². The highest BCUT2D eigenvalue weighted by atomic mass is 35.5. The first-order chi connectivity index (χ1) is 6.13. The maximum Gasteiger partial charge on any atom is 0.147 e. The lowest BCUT2D eigenvalue weighted by molar-refractivity contribution is 0.183. The van der Waals surface area contributed by atoms with Gasteiger partial charge in [0.05, 0.1) is 11.1 Å². The Balaban J connectivity index is 2.73. The molecule has 1 aromatic rings. The Kier molecular flexibility index (Phi) is 3.93. The number of aromatic nitrogens is 1. The number of nitrogens with zero attached hydrogens (tertiary/aromatic N) is 1. The smallest absolute Gasteiger partial charge is 0.147 e. The van der Waals surface area contributed by atoms with E-state index in [0.717, 1.165) is 5.56 Å². The minimum absolute atomic E-state index is 0.222. The number of aliphatic hydroxyl groups is 1. The Hall–Kier alpha value is -0.350. The highest BCUT2D eigenvalue weighted by molar-refractivity contribution is 6.41. The molecule has 3 nitrogen and oxygen atoms in total. The molecule has 0 fully saturated rings. The Morgan fingerprint density at radius 2 is 2.23 bits per heavy atom. The number of rotatable bonds is 3. The van der Waals surface area contributed by atoms with Gasteiger partial charge in [-0.25, -0.2) is 4.98 Å². The van der Waals surface area contributed by atoms with Crippen molar-refractivity contribution >= 4 is 23.2 Å². The maximum absolute atomic E-state index is 9.24. The Morgan fingerprint density at radius 3 is 2.77 bits per heavy atom. The molecule has 0 spiro atoms. The summed E-state index contributed by atoms with van der Waals surface area (Å²) in [5.74, 6) is 0. The zero-order chi connectivity index (χ0) is 9.84. The predicted molar refractivity (Wildman–Crippen MR) is 53.0 cm³/mol. The molecule has 0 amide bonds. The molecule has 1 heterocycles. The zero-order valence-corrected chi connectivity index (χ0v) is 8.39. The second-order valence-electron chi connectivity index (χ2n) is 2.71. The van der Waals surface area contributed by atoms with E-state index in [-0.39, 0.29) is 11.7 Å². The molecule has 0 bridgehead atoms. The lowest BCUT2D eigenvalue weighted by Gasteiger charge is -2.07. The molecule has 13 heavy (non-hydrogen) atoms. The highest BCUT2D eigenvalue weighted by Gasteiger charge is 2.05. The van der Waals surface area contributed by atoms with Crippen LogP contribution in [-0.2, 0) is 6.42 Å². The van der Waals surface area contributed by atoms with Gasteiger partial charge in [0.1, 0.15) is 5.15 Å². The van der Waals surface area contributed by atoms with Gasteiger partial charge in [-0.1, -0.05) is 23.2 Å². The van der Waals surface area contributed by atoms with Crippen LogP contribution in [0.5, 0.6) is 0 Å². The van der Waals surface area contributed by atoms with Crippen molar-refractivity contribution in [2.75, 3.05) is 6.54 Å². The van der Waals surface area contributed by atoms with Gasteiger partial charge in [-0.05, 0) is 11.6 Å². The summed E-state index contributed by atoms with van der Waals surface area (Å²) < 4.78 is 0. The summed E-state index contributed by atoms with van der Waals surface area (Å²) in [6, 6.07) is 1.68. The monoisotopic (exact) mass is 220 g/mol. The van der Waals surface area contributed by atoms with E-state index in [1.165, 1.54) is 0 Å². The quantitative estimate of drug-likeness (QED) is 0.755. The molecule has 1 atom stereocenters. The van der Waals surface area contributed by atoms with Crippen molar-refractivity contribution in [2.45, 2.75) is 12.5 Å². The van der Waals surface area contributed by atoms with Crippen LogP contribution in [0.3, 0.4) is 0 Å². The zero-order valence-electron chi connectivity index (χ0n) is 6.87. The Bertz CT molecular complexity index is 293. The summed E-state index contributed by atoms with van der Waals surface area (Å²) >= 11 is 11.4. The first-order valence-electron chi connectivity index (χ1n) is 3.81. The first-order valence-corrected chi connectivity index (χ1v) is 4.57. The van der Waals surface area contributed by atoms with Crippen molar-refractivity contribution in [3.63, 3.8) is 0 Å². The molecule has 1 unspecified atom stereocenters. The minimum atomic E-state index is -0.556. The van der Waals surface area contributed by atoms with Gasteiger partial charge < -0.3 is 10.8 Å². The average Bonchev–Trinajstić information content (AvgIpc) is 2.11. The van der Waals surface area contributed by atoms with Crippen LogP contribution in [-0.4, -0.2) is 22.7 Å². The van der Waals surface area contributed by atoms with E-state index >= 15 is 0 Å². The van der Waals surface area contributed by atoms with Crippen molar-refractivity contribution in [3.8, 4) is 0 Å². The van der Waals surface area contributed by atoms with Crippen molar-refractivity contribution in [1.29, 1.82) is 0 Å². The molecule has 72 valence electrons. The van der Waals surface area contributed by atoms with Crippen molar-refractivity contribution in [2.24, 2.45) is 5.73 Å². The van der Waals surface area contributed by atoms with Crippen molar-refractivity contribution in [3.05, 3.63) is 28.0 Å². The van der Waals surface area contributed by atoms with Crippen molar-refractivity contribution < 1.29 is 5.11 Å². The summed E-state index contributed by atoms with van der Waals surface area (Å²) in [7, 11) is 0. The van der Waals surface area contributed by atoms with Crippen LogP contribution < -0.4 is 5.73 Å². The molecular weight excluding hydrogens is 211 g/mol. The van der Waals surface area contributed by atoms with Crippen LogP contribution >= 0.6 is 23.2 Å². The maximum atomic E-state index is 9.24. The fraction of sp³-hybridized carbons (Fsp3) is 0.375. The van der Waals surface area contributed by atoms with E-state index in [2.05, 4.69) is 4.98 Å². The number of nitrogens with two attached hydrogens (primary N) is 1. The summed E-state index contributed by atoms with van der Waals surface area (Å²) in [5, 5.41) is 9.91. The molecule has 1 rings (SSSR count). The van der Waals surface area contributed by atoms with Crippen LogP contribution in [0, 0.1) is 0 Å². The van der Waals surface area contributed by atoms with Gasteiger partial charge in [-0.2, -0.15) is 0 Å². The van der Waals surface area contributed by atoms with Crippen LogP contribution in [0.2, 0.25) is 10.2 Å². The predicted octanol–water partition coefficient (Wildman–Crippen LogP) is 1.25. The molecule has 0 radical (unpaired) electrons. The lowest BCUT2D eigenvalue weighted by atomic mass is 10.1. The molecule has 0 saturated carbocycles. The van der Waals surface area contributed by atoms with Gasteiger partial charge in [0.2, 0.25) is 0 Å². The standard InChI is InChI=1S/C8H10Cl2N2O/c9-7-2-5(1-6(13)3-11)4-12-8(7)10/h2,4,6,13H,1,3,11H2. The molecular formula is C8H10Cl2N2O. The molecule has 5 heteroatoms. The molecule has 0 aliphatic heterocycles. The lowest BCUT2D eigenvalue weighted by Crippen LogP contribution is -2.22. The molecule has 0 aliphatic rings. The van der Waals surface area contributed by atoms with E-state index in [0.29, 0.717) is 11.4 Å². The summed E-state index contributed by atoms with van der Waals surface area (Å²) in [6.07, 6.45) is 1.46. The van der Waals surface area contributed by atoms with E-state index < -0.39 is 6.10 Å². The fourth-order valence-electron chi connectivity index (χ4n) is 0.928. The minimum Gasteiger partial charge on any atom is -0.391 e. The second-order valence-corrected chi connectivity index (χ2v) is 3.48. The fourth-order valence-corrected chi connectivity index (χ4v) is 1.22. The molecule has 3 N–H and O–H groups in total. The van der Waals surface area contributed by atoms with E-state index in [1.54, 1.807) is 12.3 Å². The number of aliphatic hydroxyl groups excluding tert-OH is 1. The summed E-state index contributed by atoms with van der Waals surface area (Å²) in [6.45, 7) is 0.222. The van der Waals surface area contributed by atoms with Crippen molar-refractivity contribution in [1.82, 2.24) is 4.98 Å². The Labute approximate surface area is 86.5 Å². The molecule has 0 aliphatic carbocycles. The normalized spacial score (nSPS) is 12.9. The highest BCUT2D eigenvalue weighted by Crippen LogP contribution is 2.20. The summed E-state index contributed by atoms with van der Waals surface area (Å²) in [5.41, 5.74) is 6.08. The van der Waals surface area contributed by atoms with E-state index in [9.17, 15) is 5.11 Å². The molecule has 1 aromatic heterocycles. The molecule has 0 saturated heterocycles. The third kappa shape index (κ3) is 3.12. The van der Waals surface area contributed by atoms with Gasteiger partial charge in [0.25, 0.3) is 0 Å². The van der Waals surface area contributed by atoms with Gasteiger partial charge in [0.15, 0.2) is 0 Å². The van der Waals surface area contributed by atoms with Gasteiger partial charge in [0, 0.05) is 19.2 Å². The largest absolute Gasteiger partial charge is 0.391 e. The number of pyridine rings is 1. The number of hydrogen-bond acceptors (Lipinski definition) is 3. The molecule has 0 aromatic carbocycles. The van der Waals surface area contributed by atoms with Crippen LogP contribution in [0.1, 0.15) is 5.56 Å². The van der Waals surface area contributed by atoms with Gasteiger partial charge >= 0.3 is 0 Å². The van der Waals surface area contributed by atoms with Gasteiger partial charge in [-0.3, -0.25) is 0 Å². The SMILES string of the molecule is NCC(O)Cc1cnc(Cl)c(Cl)c1. The topological polar surface area (TPSA) is 59.1 Å². The third-order valence-electron chi connectivity index (χ3n) is 1.60. The Morgan fingerprint density at radius 1 is 1.54 bits per heavy atom. The first kappa shape index (κ1) is 10.7. The summed E-state index contributed by atoms with van der Waals surface area (Å²) in [4.78, 5) is 3.85. The second kappa shape index (κ2) is 4.77. The van der Waals surface area contributed by atoms with Gasteiger partial charge in [-0.15, -0.1) is 0 Å². The van der Waals surface area contributed by atoms with E-state index in [4.69, 9.17) is 28.9 Å². The van der Waals surface area contributed by atoms with Crippen LogP contribution in [0.25, 0.3) is 0 Å². The van der Waals surface area contributed by atoms with Crippen LogP contribution in [0.4, 0.5) is 0 Å². The number of hydrogen-bond donors (Lipinski definition) is 2.